The molecule has 1 N–H and O–H groups in total. The van der Waals surface area contributed by atoms with Gasteiger partial charge in [0.1, 0.15) is 11.3 Å². The summed E-state index contributed by atoms with van der Waals surface area (Å²) in [6.45, 7) is 6.69. The number of hydrogen-bond acceptors (Lipinski definition) is 6. The van der Waals surface area contributed by atoms with Gasteiger partial charge in [0.2, 0.25) is 5.78 Å². The average molecular weight is 408 g/mol. The van der Waals surface area contributed by atoms with Crippen LogP contribution in [0.4, 0.5) is 0 Å². The maximum absolute atomic E-state index is 12.8. The van der Waals surface area contributed by atoms with E-state index in [2.05, 4.69) is 4.98 Å². The molecular formula is C20H22ClNO6. The molecule has 0 spiro atoms. The highest BCUT2D eigenvalue weighted by Gasteiger charge is 2.28. The highest BCUT2D eigenvalue weighted by molar-refractivity contribution is 6.31. The lowest BCUT2D eigenvalue weighted by molar-refractivity contribution is 0.0313. The maximum Gasteiger partial charge on any atom is 0.342 e. The minimum Gasteiger partial charge on any atom is -0.496 e. The average Bonchev–Trinajstić information content (AvgIpc) is 2.95. The largest absolute Gasteiger partial charge is 0.496 e. The van der Waals surface area contributed by atoms with E-state index >= 15 is 0 Å². The van der Waals surface area contributed by atoms with Crippen molar-refractivity contribution < 1.29 is 28.6 Å². The standard InChI is InChI=1S/C20H22ClNO6/c1-6-27-20(25)16-10(2)17(22-11(16)3)18(23)12(4)28-19(24)14-9-13(21)7-8-15(14)26-5/h7-9,12,22H,6H2,1-5H3/t12-/m0/s1. The van der Waals surface area contributed by atoms with Crippen LogP contribution >= 0.6 is 11.6 Å². The second kappa shape index (κ2) is 8.93. The van der Waals surface area contributed by atoms with E-state index in [1.807, 2.05) is 0 Å². The Morgan fingerprint density at radius 1 is 1.18 bits per heavy atom. The molecule has 150 valence electrons. The van der Waals surface area contributed by atoms with E-state index in [0.717, 1.165) is 0 Å². The number of benzene rings is 1. The molecule has 1 aromatic heterocycles. The van der Waals surface area contributed by atoms with Crippen molar-refractivity contribution in [2.24, 2.45) is 0 Å². The van der Waals surface area contributed by atoms with Gasteiger partial charge >= 0.3 is 11.9 Å². The van der Waals surface area contributed by atoms with Crippen molar-refractivity contribution in [3.63, 3.8) is 0 Å². The number of hydrogen-bond donors (Lipinski definition) is 1. The smallest absolute Gasteiger partial charge is 0.342 e. The van der Waals surface area contributed by atoms with Gasteiger partial charge in [-0.3, -0.25) is 4.79 Å². The number of carbonyl (C=O) groups is 3. The Kier molecular flexibility index (Phi) is 6.85. The van der Waals surface area contributed by atoms with Crippen LogP contribution in [-0.2, 0) is 9.47 Å². The maximum atomic E-state index is 12.8. The molecule has 2 aromatic rings. The zero-order valence-electron chi connectivity index (χ0n) is 16.3. The number of aromatic nitrogens is 1. The van der Waals surface area contributed by atoms with Gasteiger partial charge in [-0.05, 0) is 51.5 Å². The fourth-order valence-electron chi connectivity index (χ4n) is 2.83. The number of ether oxygens (including phenoxy) is 3. The first-order valence-corrected chi connectivity index (χ1v) is 9.04. The Labute approximate surface area is 167 Å². The Morgan fingerprint density at radius 3 is 2.46 bits per heavy atom. The van der Waals surface area contributed by atoms with Crippen LogP contribution in [0, 0.1) is 13.8 Å². The summed E-state index contributed by atoms with van der Waals surface area (Å²) in [5.41, 5.74) is 1.57. The topological polar surface area (TPSA) is 94.7 Å². The molecule has 1 heterocycles. The molecule has 28 heavy (non-hydrogen) atoms. The Balaban J connectivity index is 2.24. The van der Waals surface area contributed by atoms with Gasteiger partial charge in [-0.25, -0.2) is 9.59 Å². The lowest BCUT2D eigenvalue weighted by atomic mass is 10.1. The number of rotatable bonds is 7. The van der Waals surface area contributed by atoms with E-state index in [4.69, 9.17) is 25.8 Å². The minimum atomic E-state index is -1.09. The summed E-state index contributed by atoms with van der Waals surface area (Å²) in [5, 5.41) is 0.335. The van der Waals surface area contributed by atoms with Gasteiger partial charge in [0.05, 0.1) is 25.0 Å². The molecule has 7 nitrogen and oxygen atoms in total. The molecule has 0 amide bonds. The van der Waals surface area contributed by atoms with Crippen LogP contribution in [0.5, 0.6) is 5.75 Å². The highest BCUT2D eigenvalue weighted by Crippen LogP contribution is 2.25. The summed E-state index contributed by atoms with van der Waals surface area (Å²) in [7, 11) is 1.41. The van der Waals surface area contributed by atoms with Gasteiger partial charge in [0.25, 0.3) is 0 Å². The predicted octanol–water partition coefficient (Wildman–Crippen LogP) is 3.90. The first-order valence-electron chi connectivity index (χ1n) is 8.66. The zero-order chi connectivity index (χ0) is 21.0. The number of H-pyrrole nitrogens is 1. The van der Waals surface area contributed by atoms with Gasteiger partial charge in [-0.2, -0.15) is 0 Å². The third-order valence-electron chi connectivity index (χ3n) is 4.20. The van der Waals surface area contributed by atoms with E-state index in [-0.39, 0.29) is 23.6 Å². The molecule has 0 aliphatic carbocycles. The number of aryl methyl sites for hydroxylation is 1. The van der Waals surface area contributed by atoms with Crippen LogP contribution in [0.15, 0.2) is 18.2 Å². The van der Waals surface area contributed by atoms with Crippen LogP contribution in [-0.4, -0.2) is 42.5 Å². The number of aromatic amines is 1. The number of methoxy groups -OCH3 is 1. The molecule has 1 aromatic carbocycles. The summed E-state index contributed by atoms with van der Waals surface area (Å²) in [6.07, 6.45) is -1.09. The van der Waals surface area contributed by atoms with Crippen molar-refractivity contribution in [2.45, 2.75) is 33.8 Å². The summed E-state index contributed by atoms with van der Waals surface area (Å²) >= 11 is 5.93. The molecule has 0 radical (unpaired) electrons. The number of Topliss-reactive ketones (excluding diaryl/α,β-unsaturated/α-hetero) is 1. The van der Waals surface area contributed by atoms with Crippen LogP contribution < -0.4 is 4.74 Å². The molecular weight excluding hydrogens is 386 g/mol. The summed E-state index contributed by atoms with van der Waals surface area (Å²) in [6, 6.07) is 4.52. The predicted molar refractivity (Wildman–Crippen MR) is 103 cm³/mol. The molecule has 0 unspecified atom stereocenters. The van der Waals surface area contributed by atoms with Crippen molar-refractivity contribution in [2.75, 3.05) is 13.7 Å². The number of nitrogens with one attached hydrogen (secondary N) is 1. The molecule has 0 saturated heterocycles. The number of ketones is 1. The molecule has 0 saturated carbocycles. The third kappa shape index (κ3) is 4.36. The summed E-state index contributed by atoms with van der Waals surface area (Å²) in [4.78, 5) is 40.2. The van der Waals surface area contributed by atoms with E-state index in [0.29, 0.717) is 21.8 Å². The molecule has 8 heteroatoms. The highest BCUT2D eigenvalue weighted by atomic mass is 35.5. The lowest BCUT2D eigenvalue weighted by Crippen LogP contribution is -2.25. The monoisotopic (exact) mass is 407 g/mol. The van der Waals surface area contributed by atoms with E-state index < -0.39 is 23.8 Å². The van der Waals surface area contributed by atoms with Crippen molar-refractivity contribution in [3.8, 4) is 5.75 Å². The summed E-state index contributed by atoms with van der Waals surface area (Å²) < 4.78 is 15.5. The second-order valence-corrected chi connectivity index (χ2v) is 6.54. The second-order valence-electron chi connectivity index (χ2n) is 6.10. The lowest BCUT2D eigenvalue weighted by Gasteiger charge is -2.14. The minimum absolute atomic E-state index is 0.112. The van der Waals surface area contributed by atoms with Crippen LogP contribution in [0.25, 0.3) is 0 Å². The van der Waals surface area contributed by atoms with Gasteiger partial charge in [0.15, 0.2) is 6.10 Å². The SMILES string of the molecule is CCOC(=O)c1c(C)[nH]c(C(=O)[C@H](C)OC(=O)c2cc(Cl)ccc2OC)c1C. The third-order valence-corrected chi connectivity index (χ3v) is 4.43. The Morgan fingerprint density at radius 2 is 1.86 bits per heavy atom. The Bertz CT molecular complexity index is 918. The molecule has 0 aliphatic rings. The zero-order valence-corrected chi connectivity index (χ0v) is 17.1. The van der Waals surface area contributed by atoms with Crippen molar-refractivity contribution in [1.82, 2.24) is 4.98 Å². The van der Waals surface area contributed by atoms with E-state index in [1.165, 1.54) is 26.2 Å². The van der Waals surface area contributed by atoms with Gasteiger partial charge in [0, 0.05) is 10.7 Å². The van der Waals surface area contributed by atoms with Crippen LogP contribution in [0.2, 0.25) is 5.02 Å². The van der Waals surface area contributed by atoms with Crippen molar-refractivity contribution in [3.05, 3.63) is 51.3 Å². The molecule has 1 atom stereocenters. The van der Waals surface area contributed by atoms with Gasteiger partial charge < -0.3 is 19.2 Å². The quantitative estimate of drug-likeness (QED) is 0.552. The number of esters is 2. The van der Waals surface area contributed by atoms with Crippen molar-refractivity contribution >= 4 is 29.3 Å². The first kappa shape index (κ1) is 21.5. The normalized spacial score (nSPS) is 11.6. The van der Waals surface area contributed by atoms with Gasteiger partial charge in [-0.1, -0.05) is 11.6 Å². The van der Waals surface area contributed by atoms with Gasteiger partial charge in [-0.15, -0.1) is 0 Å². The molecule has 0 aliphatic heterocycles. The molecule has 0 bridgehead atoms. The van der Waals surface area contributed by atoms with E-state index in [1.54, 1.807) is 26.8 Å². The number of carbonyl (C=O) groups excluding carboxylic acids is 3. The first-order chi connectivity index (χ1) is 13.2. The Hall–Kier alpha value is -2.80. The fourth-order valence-corrected chi connectivity index (χ4v) is 3.00. The number of halogens is 1. The van der Waals surface area contributed by atoms with E-state index in [9.17, 15) is 14.4 Å². The molecule has 2 rings (SSSR count). The molecule has 0 fully saturated rings. The van der Waals surface area contributed by atoms with Crippen LogP contribution in [0.3, 0.4) is 0 Å². The fraction of sp³-hybridized carbons (Fsp3) is 0.350. The van der Waals surface area contributed by atoms with Crippen molar-refractivity contribution in [1.29, 1.82) is 0 Å². The van der Waals surface area contributed by atoms with Crippen LogP contribution in [0.1, 0.15) is 56.3 Å². The summed E-state index contributed by atoms with van der Waals surface area (Å²) in [5.74, 6) is -1.44.